The van der Waals surface area contributed by atoms with Crippen molar-refractivity contribution in [3.05, 3.63) is 101 Å². The molecule has 0 radical (unpaired) electrons. The van der Waals surface area contributed by atoms with Gasteiger partial charge in [0.15, 0.2) is 0 Å². The monoisotopic (exact) mass is 482 g/mol. The Morgan fingerprint density at radius 1 is 0.972 bits per heavy atom. The minimum absolute atomic E-state index is 0.179. The Morgan fingerprint density at radius 2 is 1.72 bits per heavy atom. The molecule has 1 aromatic heterocycles. The second kappa shape index (κ2) is 10.7. The van der Waals surface area contributed by atoms with Crippen LogP contribution >= 0.6 is 0 Å². The molecule has 0 saturated heterocycles. The zero-order valence-electron chi connectivity index (χ0n) is 20.2. The highest BCUT2D eigenvalue weighted by Crippen LogP contribution is 2.21. The van der Waals surface area contributed by atoms with Gasteiger partial charge in [-0.05, 0) is 35.2 Å². The maximum Gasteiger partial charge on any atom is 0.243 e. The van der Waals surface area contributed by atoms with Crippen LogP contribution in [0.25, 0.3) is 10.9 Å². The minimum Gasteiger partial charge on any atom is -0.496 e. The summed E-state index contributed by atoms with van der Waals surface area (Å²) in [4.78, 5) is 30.0. The van der Waals surface area contributed by atoms with Crippen molar-refractivity contribution in [2.45, 2.75) is 38.0 Å². The number of carbonyl (C=O) groups excluding carboxylic acids is 2. The number of rotatable bonds is 8. The lowest BCUT2D eigenvalue weighted by molar-refractivity contribution is -0.130. The number of H-pyrrole nitrogens is 1. The quantitative estimate of drug-likeness (QED) is 0.310. The summed E-state index contributed by atoms with van der Waals surface area (Å²) in [6.45, 7) is 0.930. The van der Waals surface area contributed by atoms with Crippen LogP contribution in [0.15, 0.2) is 79.0 Å². The molecule has 0 aliphatic carbocycles. The smallest absolute Gasteiger partial charge is 0.243 e. The Kier molecular flexibility index (Phi) is 7.00. The summed E-state index contributed by atoms with van der Waals surface area (Å²) in [5.74, 6) is 0.289. The topological polar surface area (TPSA) is 95.2 Å². The first-order valence-electron chi connectivity index (χ1n) is 12.2. The van der Waals surface area contributed by atoms with Gasteiger partial charge < -0.3 is 25.7 Å². The fourth-order valence-corrected chi connectivity index (χ4v) is 4.80. The maximum absolute atomic E-state index is 13.4. The van der Waals surface area contributed by atoms with Gasteiger partial charge in [-0.2, -0.15) is 0 Å². The number of carbonyl (C=O) groups is 2. The van der Waals surface area contributed by atoms with Crippen LogP contribution in [-0.2, 0) is 35.5 Å². The van der Waals surface area contributed by atoms with Gasteiger partial charge in [-0.3, -0.25) is 9.59 Å². The maximum atomic E-state index is 13.4. The van der Waals surface area contributed by atoms with Crippen molar-refractivity contribution in [1.29, 1.82) is 0 Å². The summed E-state index contributed by atoms with van der Waals surface area (Å²) in [5, 5.41) is 10.4. The third-order valence-corrected chi connectivity index (χ3v) is 6.78. The van der Waals surface area contributed by atoms with Crippen LogP contribution in [0.5, 0.6) is 5.75 Å². The highest BCUT2D eigenvalue weighted by Gasteiger charge is 2.29. The lowest BCUT2D eigenvalue weighted by Crippen LogP contribution is -2.54. The van der Waals surface area contributed by atoms with Crippen molar-refractivity contribution >= 4 is 22.7 Å². The average molecular weight is 483 g/mol. The first kappa shape index (κ1) is 23.6. The summed E-state index contributed by atoms with van der Waals surface area (Å²) >= 11 is 0. The van der Waals surface area contributed by atoms with Crippen LogP contribution in [-0.4, -0.2) is 36.0 Å². The van der Waals surface area contributed by atoms with E-state index in [9.17, 15) is 9.59 Å². The molecule has 36 heavy (non-hydrogen) atoms. The van der Waals surface area contributed by atoms with E-state index in [1.165, 1.54) is 5.56 Å². The molecule has 4 aromatic rings. The molecule has 0 fully saturated rings. The molecule has 4 N–H and O–H groups in total. The summed E-state index contributed by atoms with van der Waals surface area (Å²) in [6.07, 6.45) is 2.87. The first-order valence-corrected chi connectivity index (χ1v) is 12.2. The van der Waals surface area contributed by atoms with Gasteiger partial charge in [0, 0.05) is 42.2 Å². The van der Waals surface area contributed by atoms with Crippen LogP contribution in [0.1, 0.15) is 22.3 Å². The summed E-state index contributed by atoms with van der Waals surface area (Å²) in [6, 6.07) is 22.5. The van der Waals surface area contributed by atoms with Crippen molar-refractivity contribution in [2.24, 2.45) is 0 Å². The molecule has 0 spiro atoms. The number of methoxy groups -OCH3 is 1. The van der Waals surface area contributed by atoms with E-state index in [2.05, 4.69) is 33.1 Å². The highest BCUT2D eigenvalue weighted by molar-refractivity contribution is 5.91. The van der Waals surface area contributed by atoms with E-state index in [4.69, 9.17) is 4.74 Å². The number of fused-ring (bicyclic) bond motifs is 2. The molecule has 1 aliphatic heterocycles. The molecule has 2 heterocycles. The molecule has 0 unspecified atom stereocenters. The highest BCUT2D eigenvalue weighted by atomic mass is 16.5. The van der Waals surface area contributed by atoms with E-state index in [1.54, 1.807) is 7.11 Å². The predicted octanol–water partition coefficient (Wildman–Crippen LogP) is 3.23. The SMILES string of the molecule is COc1ccccc1CNC(=O)[C@@H](Cc1c[nH]c2ccccc12)NC(=O)[C@@H]1Cc2ccccc2CN1. The van der Waals surface area contributed by atoms with Crippen LogP contribution in [0.4, 0.5) is 0 Å². The fraction of sp³-hybridized carbons (Fsp3) is 0.241. The van der Waals surface area contributed by atoms with Crippen molar-refractivity contribution in [2.75, 3.05) is 7.11 Å². The second-order valence-electron chi connectivity index (χ2n) is 9.06. The van der Waals surface area contributed by atoms with Crippen molar-refractivity contribution in [3.8, 4) is 5.75 Å². The Balaban J connectivity index is 1.33. The number of nitrogens with one attached hydrogen (secondary N) is 4. The molecule has 0 saturated carbocycles. The average Bonchev–Trinajstić information content (AvgIpc) is 3.33. The van der Waals surface area contributed by atoms with Gasteiger partial charge in [0.2, 0.25) is 11.8 Å². The van der Waals surface area contributed by atoms with Crippen LogP contribution in [0.2, 0.25) is 0 Å². The van der Waals surface area contributed by atoms with Gasteiger partial charge in [-0.25, -0.2) is 0 Å². The minimum atomic E-state index is -0.731. The third kappa shape index (κ3) is 5.11. The molecule has 7 nitrogen and oxygen atoms in total. The number of hydrogen-bond acceptors (Lipinski definition) is 4. The van der Waals surface area contributed by atoms with E-state index < -0.39 is 12.1 Å². The number of hydrogen-bond donors (Lipinski definition) is 4. The van der Waals surface area contributed by atoms with Gasteiger partial charge in [0.05, 0.1) is 13.2 Å². The molecule has 7 heteroatoms. The lowest BCUT2D eigenvalue weighted by Gasteiger charge is -2.27. The Labute approximate surface area is 210 Å². The van der Waals surface area contributed by atoms with E-state index in [0.29, 0.717) is 31.7 Å². The summed E-state index contributed by atoms with van der Waals surface area (Å²) in [5.41, 5.74) is 5.20. The Bertz CT molecular complexity index is 1380. The number of aromatic amines is 1. The van der Waals surface area contributed by atoms with E-state index in [-0.39, 0.29) is 11.8 Å². The normalized spacial score (nSPS) is 15.6. The van der Waals surface area contributed by atoms with Crippen molar-refractivity contribution < 1.29 is 14.3 Å². The lowest BCUT2D eigenvalue weighted by atomic mass is 9.95. The zero-order valence-corrected chi connectivity index (χ0v) is 20.2. The van der Waals surface area contributed by atoms with Crippen LogP contribution < -0.4 is 20.7 Å². The molecule has 3 aromatic carbocycles. The van der Waals surface area contributed by atoms with Gasteiger partial charge in [0.25, 0.3) is 0 Å². The third-order valence-electron chi connectivity index (χ3n) is 6.78. The fourth-order valence-electron chi connectivity index (χ4n) is 4.80. The van der Waals surface area contributed by atoms with E-state index in [1.807, 2.05) is 66.9 Å². The predicted molar refractivity (Wildman–Crippen MR) is 140 cm³/mol. The second-order valence-corrected chi connectivity index (χ2v) is 9.06. The Morgan fingerprint density at radius 3 is 2.58 bits per heavy atom. The molecule has 5 rings (SSSR count). The molecule has 1 aliphatic rings. The standard InChI is InChI=1S/C29H30N4O3/c1-36-27-13-7-4-10-21(27)17-32-28(34)26(15-22-18-30-24-12-6-5-11-23(22)24)33-29(35)25-14-19-8-2-3-9-20(19)16-31-25/h2-13,18,25-26,30-31H,14-17H2,1H3,(H,32,34)(H,33,35)/t25-,26+/m0/s1. The van der Waals surface area contributed by atoms with Crippen LogP contribution in [0, 0.1) is 0 Å². The van der Waals surface area contributed by atoms with Crippen LogP contribution in [0.3, 0.4) is 0 Å². The van der Waals surface area contributed by atoms with Crippen molar-refractivity contribution in [3.63, 3.8) is 0 Å². The van der Waals surface area contributed by atoms with Gasteiger partial charge in [0.1, 0.15) is 11.8 Å². The van der Waals surface area contributed by atoms with Gasteiger partial charge in [-0.15, -0.1) is 0 Å². The Hall–Kier alpha value is -4.10. The zero-order chi connectivity index (χ0) is 24.9. The molecule has 2 atom stereocenters. The van der Waals surface area contributed by atoms with E-state index >= 15 is 0 Å². The van der Waals surface area contributed by atoms with Crippen molar-refractivity contribution in [1.82, 2.24) is 20.9 Å². The van der Waals surface area contributed by atoms with Gasteiger partial charge in [-0.1, -0.05) is 60.7 Å². The number of ether oxygens (including phenoxy) is 1. The molecule has 0 bridgehead atoms. The number of para-hydroxylation sites is 2. The molecular formula is C29H30N4O3. The largest absolute Gasteiger partial charge is 0.496 e. The molecule has 2 amide bonds. The number of aromatic nitrogens is 1. The summed E-state index contributed by atoms with van der Waals surface area (Å²) in [7, 11) is 1.61. The molecular weight excluding hydrogens is 452 g/mol. The number of amides is 2. The van der Waals surface area contributed by atoms with Gasteiger partial charge >= 0.3 is 0 Å². The first-order chi connectivity index (χ1) is 17.6. The number of benzene rings is 3. The summed E-state index contributed by atoms with van der Waals surface area (Å²) < 4.78 is 5.41. The molecule has 184 valence electrons. The van der Waals surface area contributed by atoms with E-state index in [0.717, 1.165) is 27.6 Å².